The first-order chi connectivity index (χ1) is 16.3. The van der Waals surface area contributed by atoms with E-state index in [4.69, 9.17) is 4.74 Å². The molecule has 34 heavy (non-hydrogen) atoms. The summed E-state index contributed by atoms with van der Waals surface area (Å²) >= 11 is 0. The number of carbonyl (C=O) groups is 1. The standard InChI is InChI=1S/C25H30F2N2O4S/c26-20-7-10-24(23(27)18-20)33-21-12-16-28(17-13-21)25(30)11-6-19-4-8-22(9-5-19)34(31,32)29-14-2-1-3-15-29/h4-5,7-10,18,21H,1-3,6,11-17H2. The zero-order valence-electron chi connectivity index (χ0n) is 19.1. The van der Waals surface area contributed by atoms with E-state index in [2.05, 4.69) is 0 Å². The van der Waals surface area contributed by atoms with Gasteiger partial charge in [0.15, 0.2) is 11.6 Å². The Balaban J connectivity index is 1.24. The number of amides is 1. The van der Waals surface area contributed by atoms with Crippen LogP contribution in [0.2, 0.25) is 0 Å². The van der Waals surface area contributed by atoms with Crippen molar-refractivity contribution in [1.29, 1.82) is 0 Å². The Bertz CT molecular complexity index is 1090. The number of carbonyl (C=O) groups excluding carboxylic acids is 1. The third kappa shape index (κ3) is 5.93. The van der Waals surface area contributed by atoms with Crippen LogP contribution in [0.1, 0.15) is 44.1 Å². The molecule has 0 saturated carbocycles. The number of rotatable bonds is 7. The largest absolute Gasteiger partial charge is 0.487 e. The van der Waals surface area contributed by atoms with E-state index in [0.29, 0.717) is 56.8 Å². The summed E-state index contributed by atoms with van der Waals surface area (Å²) < 4.78 is 59.6. The first kappa shape index (κ1) is 24.6. The Morgan fingerprint density at radius 1 is 0.941 bits per heavy atom. The zero-order valence-corrected chi connectivity index (χ0v) is 19.9. The molecule has 6 nitrogen and oxygen atoms in total. The molecular weight excluding hydrogens is 462 g/mol. The molecule has 0 bridgehead atoms. The molecule has 1 amide bonds. The molecule has 2 aliphatic rings. The number of ether oxygens (including phenoxy) is 1. The third-order valence-corrected chi connectivity index (χ3v) is 8.40. The molecule has 2 saturated heterocycles. The highest BCUT2D eigenvalue weighted by molar-refractivity contribution is 7.89. The van der Waals surface area contributed by atoms with Crippen molar-refractivity contribution in [3.05, 3.63) is 59.7 Å². The molecule has 184 valence electrons. The SMILES string of the molecule is O=C(CCc1ccc(S(=O)(=O)N2CCCCC2)cc1)N1CCC(Oc2ccc(F)cc2F)CC1. The van der Waals surface area contributed by atoms with Gasteiger partial charge < -0.3 is 9.64 Å². The number of hydrogen-bond donors (Lipinski definition) is 0. The van der Waals surface area contributed by atoms with Crippen molar-refractivity contribution in [3.8, 4) is 5.75 Å². The van der Waals surface area contributed by atoms with Crippen molar-refractivity contribution in [1.82, 2.24) is 9.21 Å². The second-order valence-corrected chi connectivity index (χ2v) is 10.8. The lowest BCUT2D eigenvalue weighted by Gasteiger charge is -2.32. The Morgan fingerprint density at radius 3 is 2.26 bits per heavy atom. The minimum Gasteiger partial charge on any atom is -0.487 e. The monoisotopic (exact) mass is 492 g/mol. The molecule has 0 aromatic heterocycles. The van der Waals surface area contributed by atoms with Gasteiger partial charge in [0, 0.05) is 51.5 Å². The lowest BCUT2D eigenvalue weighted by Crippen LogP contribution is -2.41. The van der Waals surface area contributed by atoms with Crippen LogP contribution in [-0.4, -0.2) is 55.8 Å². The number of nitrogens with zero attached hydrogens (tertiary/aromatic N) is 2. The molecule has 0 spiro atoms. The minimum absolute atomic E-state index is 0.0245. The molecule has 9 heteroatoms. The maximum Gasteiger partial charge on any atom is 0.243 e. The van der Waals surface area contributed by atoms with Gasteiger partial charge in [-0.05, 0) is 49.1 Å². The molecule has 4 rings (SSSR count). The van der Waals surface area contributed by atoms with E-state index < -0.39 is 21.7 Å². The van der Waals surface area contributed by atoms with Crippen molar-refractivity contribution in [2.45, 2.75) is 55.9 Å². The van der Waals surface area contributed by atoms with Crippen LogP contribution in [0, 0.1) is 11.6 Å². The normalized spacial score (nSPS) is 18.1. The highest BCUT2D eigenvalue weighted by Gasteiger charge is 2.26. The molecule has 0 atom stereocenters. The molecule has 0 unspecified atom stereocenters. The first-order valence-electron chi connectivity index (χ1n) is 11.8. The number of halogens is 2. The van der Waals surface area contributed by atoms with Gasteiger partial charge >= 0.3 is 0 Å². The summed E-state index contributed by atoms with van der Waals surface area (Å²) in [5.74, 6) is -1.33. The van der Waals surface area contributed by atoms with E-state index in [0.717, 1.165) is 37.0 Å². The van der Waals surface area contributed by atoms with Gasteiger partial charge in [-0.15, -0.1) is 0 Å². The summed E-state index contributed by atoms with van der Waals surface area (Å²) in [5.41, 5.74) is 0.913. The molecule has 0 aliphatic carbocycles. The predicted molar refractivity (Wildman–Crippen MR) is 124 cm³/mol. The number of hydrogen-bond acceptors (Lipinski definition) is 4. The maximum atomic E-state index is 13.8. The van der Waals surface area contributed by atoms with Gasteiger partial charge in [0.05, 0.1) is 4.90 Å². The predicted octanol–water partition coefficient (Wildman–Crippen LogP) is 4.14. The second kappa shape index (κ2) is 10.8. The molecule has 2 aliphatic heterocycles. The molecule has 0 N–H and O–H groups in total. The Hall–Kier alpha value is -2.52. The Labute approximate surface area is 199 Å². The summed E-state index contributed by atoms with van der Waals surface area (Å²) in [7, 11) is -3.46. The van der Waals surface area contributed by atoms with Crippen LogP contribution in [0.5, 0.6) is 5.75 Å². The van der Waals surface area contributed by atoms with Crippen LogP contribution in [0.3, 0.4) is 0 Å². The zero-order chi connectivity index (χ0) is 24.1. The summed E-state index contributed by atoms with van der Waals surface area (Å²) in [6, 6.07) is 10.0. The lowest BCUT2D eigenvalue weighted by molar-refractivity contribution is -0.132. The van der Waals surface area contributed by atoms with Gasteiger partial charge in [-0.1, -0.05) is 18.6 Å². The fourth-order valence-electron chi connectivity index (χ4n) is 4.47. The first-order valence-corrected chi connectivity index (χ1v) is 13.3. The van der Waals surface area contributed by atoms with E-state index in [9.17, 15) is 22.0 Å². The van der Waals surface area contributed by atoms with E-state index in [1.54, 1.807) is 33.5 Å². The molecule has 2 aromatic carbocycles. The van der Waals surface area contributed by atoms with Gasteiger partial charge in [0.25, 0.3) is 0 Å². The maximum absolute atomic E-state index is 13.8. The number of benzene rings is 2. The average molecular weight is 493 g/mol. The third-order valence-electron chi connectivity index (χ3n) is 6.49. The smallest absolute Gasteiger partial charge is 0.243 e. The van der Waals surface area contributed by atoms with Gasteiger partial charge in [-0.25, -0.2) is 17.2 Å². The molecule has 2 fully saturated rings. The summed E-state index contributed by atoms with van der Waals surface area (Å²) in [6.07, 6.45) is 4.64. The van der Waals surface area contributed by atoms with E-state index >= 15 is 0 Å². The molecule has 2 heterocycles. The topological polar surface area (TPSA) is 66.9 Å². The summed E-state index contributed by atoms with van der Waals surface area (Å²) in [4.78, 5) is 14.7. The van der Waals surface area contributed by atoms with Crippen LogP contribution in [-0.2, 0) is 21.2 Å². The molecular formula is C25H30F2N2O4S. The highest BCUT2D eigenvalue weighted by Crippen LogP contribution is 2.24. The number of piperidine rings is 2. The van der Waals surface area contributed by atoms with Gasteiger partial charge in [-0.3, -0.25) is 4.79 Å². The van der Waals surface area contributed by atoms with Crippen LogP contribution in [0.4, 0.5) is 8.78 Å². The van der Waals surface area contributed by atoms with Gasteiger partial charge in [0.2, 0.25) is 15.9 Å². The van der Waals surface area contributed by atoms with E-state index in [1.165, 1.54) is 6.07 Å². The fraction of sp³-hybridized carbons (Fsp3) is 0.480. The van der Waals surface area contributed by atoms with Crippen LogP contribution in [0.25, 0.3) is 0 Å². The highest BCUT2D eigenvalue weighted by atomic mass is 32.2. The molecule has 2 aromatic rings. The summed E-state index contributed by atoms with van der Waals surface area (Å²) in [6.45, 7) is 2.16. The van der Waals surface area contributed by atoms with Crippen molar-refractivity contribution < 1.29 is 26.7 Å². The summed E-state index contributed by atoms with van der Waals surface area (Å²) in [5, 5.41) is 0. The molecule has 0 radical (unpaired) electrons. The van der Waals surface area contributed by atoms with Crippen LogP contribution in [0.15, 0.2) is 47.4 Å². The Kier molecular flexibility index (Phi) is 7.83. The van der Waals surface area contributed by atoms with E-state index in [1.807, 2.05) is 0 Å². The van der Waals surface area contributed by atoms with Crippen LogP contribution < -0.4 is 4.74 Å². The van der Waals surface area contributed by atoms with Crippen molar-refractivity contribution >= 4 is 15.9 Å². The average Bonchev–Trinajstić information content (AvgIpc) is 2.85. The number of likely N-dealkylation sites (tertiary alicyclic amines) is 1. The number of aryl methyl sites for hydroxylation is 1. The van der Waals surface area contributed by atoms with Crippen molar-refractivity contribution in [3.63, 3.8) is 0 Å². The Morgan fingerprint density at radius 2 is 1.62 bits per heavy atom. The number of sulfonamides is 1. The quantitative estimate of drug-likeness (QED) is 0.583. The minimum atomic E-state index is -3.46. The van der Waals surface area contributed by atoms with Gasteiger partial charge in [-0.2, -0.15) is 4.31 Å². The van der Waals surface area contributed by atoms with Crippen molar-refractivity contribution in [2.75, 3.05) is 26.2 Å². The van der Waals surface area contributed by atoms with Gasteiger partial charge in [0.1, 0.15) is 11.9 Å². The van der Waals surface area contributed by atoms with Crippen LogP contribution >= 0.6 is 0 Å². The van der Waals surface area contributed by atoms with E-state index in [-0.39, 0.29) is 17.8 Å². The fourth-order valence-corrected chi connectivity index (χ4v) is 5.98. The second-order valence-electron chi connectivity index (χ2n) is 8.88. The van der Waals surface area contributed by atoms with Crippen molar-refractivity contribution in [2.24, 2.45) is 0 Å². The lowest BCUT2D eigenvalue weighted by atomic mass is 10.1.